The van der Waals surface area contributed by atoms with Gasteiger partial charge in [0, 0.05) is 49.5 Å². The summed E-state index contributed by atoms with van der Waals surface area (Å²) >= 11 is 6.10. The van der Waals surface area contributed by atoms with Crippen molar-refractivity contribution in [2.24, 2.45) is 0 Å². The average Bonchev–Trinajstić information content (AvgIpc) is 2.98. The van der Waals surface area contributed by atoms with Crippen LogP contribution in [0.5, 0.6) is 23.0 Å². The third-order valence-electron chi connectivity index (χ3n) is 7.25. The van der Waals surface area contributed by atoms with Crippen molar-refractivity contribution in [1.82, 2.24) is 4.90 Å². The van der Waals surface area contributed by atoms with Crippen molar-refractivity contribution in [2.75, 3.05) is 44.3 Å². The van der Waals surface area contributed by atoms with Crippen molar-refractivity contribution in [3.8, 4) is 34.1 Å². The number of rotatable bonds is 7. The topological polar surface area (TPSA) is 71.5 Å². The van der Waals surface area contributed by atoms with Gasteiger partial charge in [-0.05, 0) is 53.1 Å². The predicted octanol–water partition coefficient (Wildman–Crippen LogP) is 6.59. The van der Waals surface area contributed by atoms with E-state index in [4.69, 9.17) is 25.8 Å². The zero-order valence-corrected chi connectivity index (χ0v) is 22.6. The van der Waals surface area contributed by atoms with Crippen LogP contribution < -0.4 is 19.1 Å². The standard InChI is InChI=1S/C32H29ClN2O5/c33-24-10-8-22(9-11-24)26-5-2-1-4-23(26)21-34-14-16-35(17-15-34)25-12-13-27(32(36)37)30(20-25)40-29-7-3-6-28-31(29)39-19-18-38-28/h1-13,20H,14-19,21H2,(H,36,37). The van der Waals surface area contributed by atoms with Gasteiger partial charge in [-0.25, -0.2) is 4.79 Å². The highest BCUT2D eigenvalue weighted by Gasteiger charge is 2.23. The Morgan fingerprint density at radius 1 is 0.850 bits per heavy atom. The number of hydrogen-bond acceptors (Lipinski definition) is 6. The van der Waals surface area contributed by atoms with E-state index in [1.807, 2.05) is 24.3 Å². The molecule has 0 radical (unpaired) electrons. The molecule has 8 heteroatoms. The van der Waals surface area contributed by atoms with Crippen molar-refractivity contribution in [2.45, 2.75) is 6.54 Å². The summed E-state index contributed by atoms with van der Waals surface area (Å²) in [6, 6.07) is 27.1. The number of nitrogens with zero attached hydrogens (tertiary/aromatic N) is 2. The lowest BCUT2D eigenvalue weighted by Gasteiger charge is -2.36. The summed E-state index contributed by atoms with van der Waals surface area (Å²) in [5, 5.41) is 10.5. The molecule has 2 aliphatic rings. The van der Waals surface area contributed by atoms with E-state index in [-0.39, 0.29) is 11.3 Å². The third-order valence-corrected chi connectivity index (χ3v) is 7.50. The number of fused-ring (bicyclic) bond motifs is 1. The lowest BCUT2D eigenvalue weighted by atomic mass is 9.99. The van der Waals surface area contributed by atoms with E-state index in [2.05, 4.69) is 46.2 Å². The molecule has 0 aliphatic carbocycles. The summed E-state index contributed by atoms with van der Waals surface area (Å²) < 4.78 is 17.5. The molecule has 204 valence electrons. The first kappa shape index (κ1) is 26.0. The maximum absolute atomic E-state index is 12.0. The molecule has 2 heterocycles. The summed E-state index contributed by atoms with van der Waals surface area (Å²) in [6.45, 7) is 5.10. The quantitative estimate of drug-likeness (QED) is 0.275. The van der Waals surface area contributed by atoms with Crippen molar-refractivity contribution in [3.63, 3.8) is 0 Å². The molecule has 0 atom stereocenters. The number of piperazine rings is 1. The minimum Gasteiger partial charge on any atom is -0.486 e. The zero-order valence-electron chi connectivity index (χ0n) is 21.9. The molecule has 1 N–H and O–H groups in total. The molecule has 0 amide bonds. The molecule has 0 aromatic heterocycles. The smallest absolute Gasteiger partial charge is 0.339 e. The summed E-state index contributed by atoms with van der Waals surface area (Å²) in [5.41, 5.74) is 4.65. The first-order chi connectivity index (χ1) is 19.5. The van der Waals surface area contributed by atoms with Crippen LogP contribution in [0, 0.1) is 0 Å². The molecule has 0 unspecified atom stereocenters. The number of carboxylic acids is 1. The number of anilines is 1. The van der Waals surface area contributed by atoms with E-state index >= 15 is 0 Å². The molecular formula is C32H29ClN2O5. The summed E-state index contributed by atoms with van der Waals surface area (Å²) in [7, 11) is 0. The molecular weight excluding hydrogens is 528 g/mol. The Morgan fingerprint density at radius 3 is 2.42 bits per heavy atom. The predicted molar refractivity (Wildman–Crippen MR) is 155 cm³/mol. The highest BCUT2D eigenvalue weighted by Crippen LogP contribution is 2.42. The number of halogens is 1. The van der Waals surface area contributed by atoms with E-state index in [0.29, 0.717) is 30.5 Å². The summed E-state index contributed by atoms with van der Waals surface area (Å²) in [5.74, 6) is 0.731. The Morgan fingerprint density at radius 2 is 1.62 bits per heavy atom. The van der Waals surface area contributed by atoms with Gasteiger partial charge >= 0.3 is 5.97 Å². The molecule has 1 saturated heterocycles. The molecule has 1 fully saturated rings. The van der Waals surface area contributed by atoms with Crippen LogP contribution in [0.25, 0.3) is 11.1 Å². The molecule has 0 bridgehead atoms. The van der Waals surface area contributed by atoms with Gasteiger partial charge in [0.25, 0.3) is 0 Å². The fourth-order valence-corrected chi connectivity index (χ4v) is 5.31. The van der Waals surface area contributed by atoms with E-state index in [9.17, 15) is 9.90 Å². The van der Waals surface area contributed by atoms with Crippen molar-refractivity contribution in [1.29, 1.82) is 0 Å². The highest BCUT2D eigenvalue weighted by molar-refractivity contribution is 6.30. The monoisotopic (exact) mass is 556 g/mol. The molecule has 40 heavy (non-hydrogen) atoms. The van der Waals surface area contributed by atoms with Gasteiger partial charge in [-0.1, -0.05) is 54.1 Å². The van der Waals surface area contributed by atoms with Crippen LogP contribution in [-0.2, 0) is 6.54 Å². The minimum absolute atomic E-state index is 0.0931. The minimum atomic E-state index is -1.05. The number of benzene rings is 4. The van der Waals surface area contributed by atoms with Gasteiger partial charge in [0.15, 0.2) is 11.5 Å². The molecule has 7 nitrogen and oxygen atoms in total. The van der Waals surface area contributed by atoms with Crippen LogP contribution in [0.2, 0.25) is 5.02 Å². The number of para-hydroxylation sites is 1. The number of carboxylic acid groups (broad SMARTS) is 1. The lowest BCUT2D eigenvalue weighted by Crippen LogP contribution is -2.46. The fourth-order valence-electron chi connectivity index (χ4n) is 5.19. The van der Waals surface area contributed by atoms with Crippen molar-refractivity contribution < 1.29 is 24.1 Å². The molecule has 4 aromatic rings. The number of carbonyl (C=O) groups is 1. The number of hydrogen-bond donors (Lipinski definition) is 1. The largest absolute Gasteiger partial charge is 0.486 e. The first-order valence-electron chi connectivity index (χ1n) is 13.3. The van der Waals surface area contributed by atoms with Gasteiger partial charge in [0.05, 0.1) is 0 Å². The van der Waals surface area contributed by atoms with E-state index < -0.39 is 5.97 Å². The number of ether oxygens (including phenoxy) is 3. The van der Waals surface area contributed by atoms with Crippen LogP contribution in [0.4, 0.5) is 5.69 Å². The van der Waals surface area contributed by atoms with Crippen molar-refractivity contribution >= 4 is 23.3 Å². The van der Waals surface area contributed by atoms with Gasteiger partial charge in [0.1, 0.15) is 24.5 Å². The van der Waals surface area contributed by atoms with Gasteiger partial charge in [-0.15, -0.1) is 0 Å². The number of aromatic carboxylic acids is 1. The second kappa shape index (κ2) is 11.5. The summed E-state index contributed by atoms with van der Waals surface area (Å²) in [4.78, 5) is 16.7. The van der Waals surface area contributed by atoms with Crippen LogP contribution in [-0.4, -0.2) is 55.4 Å². The molecule has 0 saturated carbocycles. The molecule has 4 aromatic carbocycles. The summed E-state index contributed by atoms with van der Waals surface area (Å²) in [6.07, 6.45) is 0. The molecule has 2 aliphatic heterocycles. The Labute approximate surface area is 238 Å². The van der Waals surface area contributed by atoms with E-state index in [1.165, 1.54) is 11.1 Å². The van der Waals surface area contributed by atoms with Gasteiger partial charge in [-0.3, -0.25) is 4.90 Å². The van der Waals surface area contributed by atoms with Crippen molar-refractivity contribution in [3.05, 3.63) is 101 Å². The maximum Gasteiger partial charge on any atom is 0.339 e. The third kappa shape index (κ3) is 5.57. The van der Waals surface area contributed by atoms with Crippen LogP contribution in [0.1, 0.15) is 15.9 Å². The normalized spacial score (nSPS) is 15.1. The second-order valence-electron chi connectivity index (χ2n) is 9.80. The zero-order chi connectivity index (χ0) is 27.5. The maximum atomic E-state index is 12.0. The van der Waals surface area contributed by atoms with Gasteiger partial charge < -0.3 is 24.2 Å². The molecule has 6 rings (SSSR count). The fraction of sp³-hybridized carbons (Fsp3) is 0.219. The van der Waals surface area contributed by atoms with E-state index in [0.717, 1.165) is 49.0 Å². The van der Waals surface area contributed by atoms with E-state index in [1.54, 1.807) is 24.3 Å². The van der Waals surface area contributed by atoms with Gasteiger partial charge in [0.2, 0.25) is 5.75 Å². The van der Waals surface area contributed by atoms with Crippen LogP contribution in [0.3, 0.4) is 0 Å². The van der Waals surface area contributed by atoms with Gasteiger partial charge in [-0.2, -0.15) is 0 Å². The second-order valence-corrected chi connectivity index (χ2v) is 10.2. The Kier molecular flexibility index (Phi) is 7.49. The Hall–Kier alpha value is -4.20. The van der Waals surface area contributed by atoms with Crippen LogP contribution in [0.15, 0.2) is 84.9 Å². The van der Waals surface area contributed by atoms with Crippen LogP contribution >= 0.6 is 11.6 Å². The molecule has 0 spiro atoms. The first-order valence-corrected chi connectivity index (χ1v) is 13.7. The highest BCUT2D eigenvalue weighted by atomic mass is 35.5. The Bertz CT molecular complexity index is 1520. The SMILES string of the molecule is O=C(O)c1ccc(N2CCN(Cc3ccccc3-c3ccc(Cl)cc3)CC2)cc1Oc1cccc2c1OCCO2. The Balaban J connectivity index is 1.17. The lowest BCUT2D eigenvalue weighted by molar-refractivity contribution is 0.0694. The average molecular weight is 557 g/mol.